The number of nitriles is 1. The van der Waals surface area contributed by atoms with Crippen molar-refractivity contribution in [2.75, 3.05) is 5.32 Å². The summed E-state index contributed by atoms with van der Waals surface area (Å²) in [6.45, 7) is 2.15. The summed E-state index contributed by atoms with van der Waals surface area (Å²) in [6, 6.07) is 10.5. The van der Waals surface area contributed by atoms with Crippen molar-refractivity contribution in [1.82, 2.24) is 10.2 Å². The summed E-state index contributed by atoms with van der Waals surface area (Å²) in [5.41, 5.74) is 1.90. The lowest BCUT2D eigenvalue weighted by atomic mass is 9.96. The molecule has 1 aliphatic carbocycles. The van der Waals surface area contributed by atoms with E-state index < -0.39 is 0 Å². The van der Waals surface area contributed by atoms with Gasteiger partial charge in [-0.05, 0) is 37.5 Å². The van der Waals surface area contributed by atoms with Gasteiger partial charge in [0.1, 0.15) is 0 Å². The van der Waals surface area contributed by atoms with Gasteiger partial charge in [0.15, 0.2) is 4.34 Å². The van der Waals surface area contributed by atoms with Crippen molar-refractivity contribution in [1.29, 1.82) is 5.26 Å². The van der Waals surface area contributed by atoms with Crippen LogP contribution in [0.5, 0.6) is 0 Å². The van der Waals surface area contributed by atoms with Crippen LogP contribution in [0.2, 0.25) is 0 Å². The number of thioether (sulfide) groups is 1. The average Bonchev–Trinajstić information content (AvgIpc) is 3.02. The fourth-order valence-corrected chi connectivity index (χ4v) is 4.89. The summed E-state index contributed by atoms with van der Waals surface area (Å²) in [4.78, 5) is 0. The second-order valence-electron chi connectivity index (χ2n) is 5.85. The van der Waals surface area contributed by atoms with Crippen LogP contribution < -0.4 is 5.32 Å². The predicted octanol–water partition coefficient (Wildman–Crippen LogP) is 5.01. The third-order valence-corrected chi connectivity index (χ3v) is 6.22. The van der Waals surface area contributed by atoms with Gasteiger partial charge in [0.2, 0.25) is 5.13 Å². The minimum Gasteiger partial charge on any atom is -0.357 e. The number of hydrogen-bond donors (Lipinski definition) is 1. The molecule has 6 heteroatoms. The molecule has 2 aromatic rings. The molecule has 1 saturated carbocycles. The first-order valence-electron chi connectivity index (χ1n) is 8.01. The average molecular weight is 345 g/mol. The van der Waals surface area contributed by atoms with Crippen LogP contribution in [0, 0.1) is 11.3 Å². The van der Waals surface area contributed by atoms with Gasteiger partial charge in [-0.1, -0.05) is 54.5 Å². The molecule has 1 aromatic carbocycles. The highest BCUT2D eigenvalue weighted by Crippen LogP contribution is 2.37. The first kappa shape index (κ1) is 16.3. The van der Waals surface area contributed by atoms with Gasteiger partial charge in [-0.25, -0.2) is 0 Å². The van der Waals surface area contributed by atoms with Gasteiger partial charge in [0.25, 0.3) is 0 Å². The van der Waals surface area contributed by atoms with E-state index >= 15 is 0 Å². The Morgan fingerprint density at radius 2 is 1.96 bits per heavy atom. The summed E-state index contributed by atoms with van der Waals surface area (Å²) in [5, 5.41) is 22.2. The minimum atomic E-state index is 0.290. The Labute approximate surface area is 145 Å². The summed E-state index contributed by atoms with van der Waals surface area (Å²) < 4.78 is 0.986. The molecule has 0 saturated heterocycles. The second kappa shape index (κ2) is 7.80. The van der Waals surface area contributed by atoms with E-state index in [2.05, 4.69) is 28.5 Å². The third-order valence-electron chi connectivity index (χ3n) is 4.13. The van der Waals surface area contributed by atoms with E-state index in [0.29, 0.717) is 16.9 Å². The van der Waals surface area contributed by atoms with Crippen LogP contribution in [0.1, 0.15) is 55.4 Å². The summed E-state index contributed by atoms with van der Waals surface area (Å²) in [5.74, 6) is 0. The lowest BCUT2D eigenvalue weighted by molar-refractivity contribution is 0.462. The normalized spacial score (nSPS) is 16.7. The van der Waals surface area contributed by atoms with E-state index in [1.165, 1.54) is 37.7 Å². The molecule has 0 aliphatic heterocycles. The van der Waals surface area contributed by atoms with E-state index in [-0.39, 0.29) is 0 Å². The molecule has 1 fully saturated rings. The Morgan fingerprint density at radius 3 is 2.65 bits per heavy atom. The van der Waals surface area contributed by atoms with Crippen molar-refractivity contribution in [3.63, 3.8) is 0 Å². The zero-order valence-corrected chi connectivity index (χ0v) is 14.8. The van der Waals surface area contributed by atoms with Crippen LogP contribution in [0.25, 0.3) is 0 Å². The Balaban J connectivity index is 1.58. The molecule has 0 amide bonds. The van der Waals surface area contributed by atoms with Crippen molar-refractivity contribution in [3.05, 3.63) is 35.4 Å². The first-order chi connectivity index (χ1) is 11.2. The van der Waals surface area contributed by atoms with Gasteiger partial charge < -0.3 is 5.32 Å². The highest BCUT2D eigenvalue weighted by molar-refractivity contribution is 8.01. The largest absolute Gasteiger partial charge is 0.357 e. The number of anilines is 1. The van der Waals surface area contributed by atoms with Crippen LogP contribution >= 0.6 is 23.1 Å². The van der Waals surface area contributed by atoms with Crippen molar-refractivity contribution in [2.45, 2.75) is 54.7 Å². The van der Waals surface area contributed by atoms with Gasteiger partial charge in [-0.3, -0.25) is 0 Å². The van der Waals surface area contributed by atoms with Crippen LogP contribution in [0.15, 0.2) is 28.6 Å². The van der Waals surface area contributed by atoms with Gasteiger partial charge in [-0.15, -0.1) is 10.2 Å². The molecule has 1 aromatic heterocycles. The van der Waals surface area contributed by atoms with Gasteiger partial charge >= 0.3 is 0 Å². The summed E-state index contributed by atoms with van der Waals surface area (Å²) in [6.07, 6.45) is 6.46. The van der Waals surface area contributed by atoms with Crippen LogP contribution in [-0.2, 0) is 0 Å². The van der Waals surface area contributed by atoms with Gasteiger partial charge in [-0.2, -0.15) is 5.26 Å². The Bertz CT molecular complexity index is 669. The highest BCUT2D eigenvalue weighted by atomic mass is 32.2. The highest BCUT2D eigenvalue weighted by Gasteiger charge is 2.16. The Kier molecular flexibility index (Phi) is 5.52. The Hall–Kier alpha value is -1.58. The molecule has 1 heterocycles. The first-order valence-corrected chi connectivity index (χ1v) is 9.71. The molecule has 1 atom stereocenters. The lowest BCUT2D eigenvalue weighted by Crippen LogP contribution is -2.21. The van der Waals surface area contributed by atoms with Crippen LogP contribution in [0.4, 0.5) is 5.13 Å². The molecule has 120 valence electrons. The van der Waals surface area contributed by atoms with E-state index in [1.807, 2.05) is 24.3 Å². The van der Waals surface area contributed by atoms with E-state index in [1.54, 1.807) is 23.1 Å². The standard InChI is InChI=1S/C17H20N4S2/c1-12(14-9-7-13(11-18)8-10-14)22-17-21-20-16(23-17)19-15-5-3-2-4-6-15/h7-10,12,15H,2-6H2,1H3,(H,19,20)/t12-/m0/s1. The molecule has 0 bridgehead atoms. The van der Waals surface area contributed by atoms with Crippen molar-refractivity contribution < 1.29 is 0 Å². The number of benzene rings is 1. The fourth-order valence-electron chi connectivity index (χ4n) is 2.79. The predicted molar refractivity (Wildman–Crippen MR) is 95.8 cm³/mol. The number of nitrogens with one attached hydrogen (secondary N) is 1. The quantitative estimate of drug-likeness (QED) is 0.773. The smallest absolute Gasteiger partial charge is 0.206 e. The molecule has 0 unspecified atom stereocenters. The maximum Gasteiger partial charge on any atom is 0.206 e. The summed E-state index contributed by atoms with van der Waals surface area (Å²) >= 11 is 3.35. The van der Waals surface area contributed by atoms with E-state index in [4.69, 9.17) is 5.26 Å². The maximum absolute atomic E-state index is 8.86. The summed E-state index contributed by atoms with van der Waals surface area (Å²) in [7, 11) is 0. The number of rotatable bonds is 5. The molecule has 0 spiro atoms. The molecule has 4 nitrogen and oxygen atoms in total. The van der Waals surface area contributed by atoms with Gasteiger partial charge in [0.05, 0.1) is 11.6 Å². The molecule has 3 rings (SSSR count). The molecule has 1 aliphatic rings. The van der Waals surface area contributed by atoms with Crippen LogP contribution in [-0.4, -0.2) is 16.2 Å². The van der Waals surface area contributed by atoms with Crippen molar-refractivity contribution in [2.24, 2.45) is 0 Å². The lowest BCUT2D eigenvalue weighted by Gasteiger charge is -2.21. The van der Waals surface area contributed by atoms with Gasteiger partial charge in [0, 0.05) is 11.3 Å². The zero-order chi connectivity index (χ0) is 16.1. The van der Waals surface area contributed by atoms with E-state index in [9.17, 15) is 0 Å². The molecule has 0 radical (unpaired) electrons. The maximum atomic E-state index is 8.86. The van der Waals surface area contributed by atoms with Crippen molar-refractivity contribution in [3.8, 4) is 6.07 Å². The minimum absolute atomic E-state index is 0.290. The molecular formula is C17H20N4S2. The number of hydrogen-bond acceptors (Lipinski definition) is 6. The zero-order valence-electron chi connectivity index (χ0n) is 13.2. The SMILES string of the molecule is C[C@H](Sc1nnc(NC2CCCCC2)s1)c1ccc(C#N)cc1. The van der Waals surface area contributed by atoms with Crippen molar-refractivity contribution >= 4 is 28.2 Å². The Morgan fingerprint density at radius 1 is 1.22 bits per heavy atom. The molecule has 1 N–H and O–H groups in total. The second-order valence-corrected chi connectivity index (χ2v) is 8.41. The van der Waals surface area contributed by atoms with Crippen LogP contribution in [0.3, 0.4) is 0 Å². The monoisotopic (exact) mass is 344 g/mol. The molecule has 23 heavy (non-hydrogen) atoms. The molecular weight excluding hydrogens is 324 g/mol. The number of aromatic nitrogens is 2. The fraction of sp³-hybridized carbons (Fsp3) is 0.471. The topological polar surface area (TPSA) is 61.6 Å². The number of nitrogens with zero attached hydrogens (tertiary/aromatic N) is 3. The van der Waals surface area contributed by atoms with E-state index in [0.717, 1.165) is 9.47 Å². The third kappa shape index (κ3) is 4.46.